The Labute approximate surface area is 193 Å². The molecule has 32 heavy (non-hydrogen) atoms. The van der Waals surface area contributed by atoms with Crippen LogP contribution in [0.5, 0.6) is 0 Å². The predicted molar refractivity (Wildman–Crippen MR) is 126 cm³/mol. The maximum atomic E-state index is 13.2. The number of H-pyrrole nitrogens is 1. The van der Waals surface area contributed by atoms with Gasteiger partial charge in [0.25, 0.3) is 5.91 Å². The van der Waals surface area contributed by atoms with Crippen molar-refractivity contribution >= 4 is 38.4 Å². The lowest BCUT2D eigenvalue weighted by Gasteiger charge is -2.32. The molecule has 2 saturated heterocycles. The Morgan fingerprint density at radius 3 is 2.41 bits per heavy atom. The monoisotopic (exact) mass is 471 g/mol. The average Bonchev–Trinajstić information content (AvgIpc) is 3.49. The fourth-order valence-corrected chi connectivity index (χ4v) is 6.53. The number of fused-ring (bicyclic) bond motifs is 1. The third kappa shape index (κ3) is 3.93. The predicted octanol–water partition coefficient (Wildman–Crippen LogP) is 4.63. The van der Waals surface area contributed by atoms with Crippen molar-refractivity contribution in [3.8, 4) is 0 Å². The van der Waals surface area contributed by atoms with Gasteiger partial charge >= 0.3 is 0 Å². The van der Waals surface area contributed by atoms with Gasteiger partial charge in [0, 0.05) is 43.3 Å². The number of carbonyl (C=O) groups excluding carboxylic acids is 1. The van der Waals surface area contributed by atoms with Crippen LogP contribution in [0.3, 0.4) is 0 Å². The number of aromatic amines is 1. The summed E-state index contributed by atoms with van der Waals surface area (Å²) in [6.07, 6.45) is 3.43. The van der Waals surface area contributed by atoms with E-state index in [4.69, 9.17) is 11.6 Å². The fourth-order valence-electron chi connectivity index (χ4n) is 4.79. The minimum Gasteiger partial charge on any atom is -0.358 e. The van der Waals surface area contributed by atoms with Crippen LogP contribution in [0.25, 0.3) is 10.9 Å². The topological polar surface area (TPSA) is 73.5 Å². The highest BCUT2D eigenvalue weighted by molar-refractivity contribution is 7.89. The number of halogens is 1. The van der Waals surface area contributed by atoms with Gasteiger partial charge in [-0.25, -0.2) is 8.42 Å². The molecule has 0 saturated carbocycles. The van der Waals surface area contributed by atoms with Crippen molar-refractivity contribution in [1.29, 1.82) is 0 Å². The number of amides is 1. The zero-order valence-electron chi connectivity index (χ0n) is 17.8. The van der Waals surface area contributed by atoms with Crippen molar-refractivity contribution in [1.82, 2.24) is 14.2 Å². The number of benzene rings is 2. The Bertz CT molecular complexity index is 1220. The molecule has 1 aromatic heterocycles. The molecule has 6 nitrogen and oxygen atoms in total. The number of hydrogen-bond acceptors (Lipinski definition) is 3. The highest BCUT2D eigenvalue weighted by Gasteiger charge is 2.30. The summed E-state index contributed by atoms with van der Waals surface area (Å²) in [6.45, 7) is 2.27. The first-order valence-corrected chi connectivity index (χ1v) is 12.9. The molecule has 5 rings (SSSR count). The zero-order valence-corrected chi connectivity index (χ0v) is 19.3. The van der Waals surface area contributed by atoms with Crippen molar-refractivity contribution in [2.75, 3.05) is 26.2 Å². The molecule has 2 aliphatic heterocycles. The molecule has 3 heterocycles. The normalized spacial score (nSPS) is 18.5. The molecule has 0 aliphatic carbocycles. The molecule has 0 bridgehead atoms. The number of sulfonamides is 1. The first-order chi connectivity index (χ1) is 15.4. The van der Waals surface area contributed by atoms with Gasteiger partial charge in [0.05, 0.1) is 15.5 Å². The molecule has 0 unspecified atom stereocenters. The van der Waals surface area contributed by atoms with E-state index in [2.05, 4.69) is 23.2 Å². The second-order valence-corrected chi connectivity index (χ2v) is 11.0. The third-order valence-corrected chi connectivity index (χ3v) is 8.87. The number of likely N-dealkylation sites (tertiary alicyclic amines) is 1. The van der Waals surface area contributed by atoms with Gasteiger partial charge in [-0.15, -0.1) is 0 Å². The van der Waals surface area contributed by atoms with Crippen molar-refractivity contribution in [2.45, 2.75) is 36.5 Å². The molecular weight excluding hydrogens is 446 g/mol. The molecule has 0 spiro atoms. The van der Waals surface area contributed by atoms with Crippen molar-refractivity contribution in [3.63, 3.8) is 0 Å². The van der Waals surface area contributed by atoms with Crippen LogP contribution in [0.2, 0.25) is 5.02 Å². The second kappa shape index (κ2) is 8.54. The minimum atomic E-state index is -3.60. The fraction of sp³-hybridized carbons (Fsp3) is 0.375. The van der Waals surface area contributed by atoms with E-state index < -0.39 is 10.0 Å². The number of piperidine rings is 1. The minimum absolute atomic E-state index is 0.139. The molecule has 3 aromatic rings. The maximum absolute atomic E-state index is 13.2. The highest BCUT2D eigenvalue weighted by Crippen LogP contribution is 2.32. The Morgan fingerprint density at radius 2 is 1.69 bits per heavy atom. The summed E-state index contributed by atoms with van der Waals surface area (Å²) in [5.74, 6) is 0.160. The first kappa shape index (κ1) is 21.5. The SMILES string of the molecule is O=C(c1cc(S(=O)(=O)N2CCCC2)ccc1Cl)N1CCC(c2cc3ccccc3[nH]2)CC1. The lowest BCUT2D eigenvalue weighted by Crippen LogP contribution is -2.38. The third-order valence-electron chi connectivity index (χ3n) is 6.64. The second-order valence-electron chi connectivity index (χ2n) is 8.63. The summed E-state index contributed by atoms with van der Waals surface area (Å²) < 4.78 is 27.3. The van der Waals surface area contributed by atoms with Crippen molar-refractivity contribution in [3.05, 3.63) is 64.8 Å². The molecule has 168 valence electrons. The van der Waals surface area contributed by atoms with Crippen LogP contribution in [-0.2, 0) is 10.0 Å². The smallest absolute Gasteiger partial charge is 0.255 e. The summed E-state index contributed by atoms with van der Waals surface area (Å²) in [7, 11) is -3.60. The molecule has 1 amide bonds. The Balaban J connectivity index is 1.31. The van der Waals surface area contributed by atoms with E-state index in [1.807, 2.05) is 12.1 Å². The highest BCUT2D eigenvalue weighted by atomic mass is 35.5. The van der Waals surface area contributed by atoms with Gasteiger partial charge in [-0.2, -0.15) is 4.31 Å². The van der Waals surface area contributed by atoms with Crippen LogP contribution in [0.1, 0.15) is 47.7 Å². The van der Waals surface area contributed by atoms with Gasteiger partial charge < -0.3 is 9.88 Å². The number of rotatable bonds is 4. The van der Waals surface area contributed by atoms with Crippen LogP contribution in [0.15, 0.2) is 53.4 Å². The number of hydrogen-bond donors (Lipinski definition) is 1. The van der Waals surface area contributed by atoms with Crippen molar-refractivity contribution < 1.29 is 13.2 Å². The molecule has 2 aliphatic rings. The van der Waals surface area contributed by atoms with Crippen LogP contribution in [0, 0.1) is 0 Å². The summed E-state index contributed by atoms with van der Waals surface area (Å²) in [5, 5.41) is 1.48. The standard InChI is InChI=1S/C24H26ClN3O3S/c25-21-8-7-19(32(30,31)28-11-3-4-12-28)16-20(21)24(29)27-13-9-17(10-14-27)23-15-18-5-1-2-6-22(18)26-23/h1-2,5-8,15-17,26H,3-4,9-14H2. The first-order valence-electron chi connectivity index (χ1n) is 11.1. The molecule has 0 radical (unpaired) electrons. The van der Waals surface area contributed by atoms with Crippen LogP contribution >= 0.6 is 11.6 Å². The number of aromatic nitrogens is 1. The van der Waals surface area contributed by atoms with Crippen molar-refractivity contribution in [2.24, 2.45) is 0 Å². The van der Waals surface area contributed by atoms with Crippen LogP contribution < -0.4 is 0 Å². The lowest BCUT2D eigenvalue weighted by atomic mass is 9.93. The molecule has 2 fully saturated rings. The van der Waals surface area contributed by atoms with Gasteiger partial charge in [-0.3, -0.25) is 4.79 Å². The molecular formula is C24H26ClN3O3S. The van der Waals surface area contributed by atoms with E-state index in [0.29, 0.717) is 32.1 Å². The average molecular weight is 472 g/mol. The quantitative estimate of drug-likeness (QED) is 0.603. The maximum Gasteiger partial charge on any atom is 0.255 e. The van der Waals surface area contributed by atoms with Gasteiger partial charge in [0.1, 0.15) is 0 Å². The largest absolute Gasteiger partial charge is 0.358 e. The molecule has 0 atom stereocenters. The number of nitrogens with one attached hydrogen (secondary N) is 1. The van der Waals surface area contributed by atoms with Gasteiger partial charge in [0.2, 0.25) is 10.0 Å². The molecule has 1 N–H and O–H groups in total. The zero-order chi connectivity index (χ0) is 22.3. The molecule has 8 heteroatoms. The summed E-state index contributed by atoms with van der Waals surface area (Å²) in [6, 6.07) is 14.9. The summed E-state index contributed by atoms with van der Waals surface area (Å²) >= 11 is 6.33. The number of carbonyl (C=O) groups is 1. The van der Waals surface area contributed by atoms with E-state index in [9.17, 15) is 13.2 Å². The van der Waals surface area contributed by atoms with E-state index >= 15 is 0 Å². The van der Waals surface area contributed by atoms with Crippen LogP contribution in [0.4, 0.5) is 0 Å². The Kier molecular flexibility index (Phi) is 5.73. The van der Waals surface area contributed by atoms with Crippen LogP contribution in [-0.4, -0.2) is 54.7 Å². The van der Waals surface area contributed by atoms with Gasteiger partial charge in [0.15, 0.2) is 0 Å². The summed E-state index contributed by atoms with van der Waals surface area (Å²) in [5.41, 5.74) is 2.59. The van der Waals surface area contributed by atoms with E-state index in [-0.39, 0.29) is 21.4 Å². The molecule has 2 aromatic carbocycles. The Morgan fingerprint density at radius 1 is 0.969 bits per heavy atom. The number of nitrogens with zero attached hydrogens (tertiary/aromatic N) is 2. The number of para-hydroxylation sites is 1. The van der Waals surface area contributed by atoms with E-state index in [0.717, 1.165) is 31.2 Å². The van der Waals surface area contributed by atoms with Gasteiger partial charge in [-0.05, 0) is 61.4 Å². The Hall–Kier alpha value is -2.35. The van der Waals surface area contributed by atoms with E-state index in [1.54, 1.807) is 4.90 Å². The summed E-state index contributed by atoms with van der Waals surface area (Å²) in [4.78, 5) is 18.7. The van der Waals surface area contributed by atoms with E-state index in [1.165, 1.54) is 33.6 Å². The lowest BCUT2D eigenvalue weighted by molar-refractivity contribution is 0.0712. The van der Waals surface area contributed by atoms with Gasteiger partial charge in [-0.1, -0.05) is 29.8 Å².